The fraction of sp³-hybridized carbons (Fsp3) is 1.00. The first-order valence-electron chi connectivity index (χ1n) is 3.08. The van der Waals surface area contributed by atoms with Crippen molar-refractivity contribution in [3.63, 3.8) is 0 Å². The van der Waals surface area contributed by atoms with Crippen LogP contribution in [0.3, 0.4) is 0 Å². The van der Waals surface area contributed by atoms with E-state index in [-0.39, 0.29) is 5.82 Å². The number of rotatable bonds is 2. The molecule has 0 aromatic heterocycles. The minimum atomic E-state index is -1.09. The van der Waals surface area contributed by atoms with Crippen LogP contribution in [0.1, 0.15) is 19.8 Å². The highest BCUT2D eigenvalue weighted by Crippen LogP contribution is 2.40. The zero-order chi connectivity index (χ0) is 6.15. The van der Waals surface area contributed by atoms with Crippen LogP contribution in [0, 0.1) is 5.92 Å². The molecular formula is C5H11BO2. The zero-order valence-corrected chi connectivity index (χ0v) is 5.04. The topological polar surface area (TPSA) is 40.5 Å². The number of hydrogen-bond acceptors (Lipinski definition) is 2. The average Bonchev–Trinajstić information content (AvgIpc) is 2.43. The molecule has 3 heteroatoms. The van der Waals surface area contributed by atoms with Crippen LogP contribution < -0.4 is 0 Å². The summed E-state index contributed by atoms with van der Waals surface area (Å²) < 4.78 is 0. The third kappa shape index (κ3) is 1.23. The molecule has 1 rings (SSSR count). The lowest BCUT2D eigenvalue weighted by Crippen LogP contribution is -2.18. The van der Waals surface area contributed by atoms with Gasteiger partial charge in [-0.25, -0.2) is 0 Å². The van der Waals surface area contributed by atoms with Crippen molar-refractivity contribution in [1.29, 1.82) is 0 Å². The molecule has 0 saturated heterocycles. The van der Waals surface area contributed by atoms with E-state index in [1.54, 1.807) is 0 Å². The van der Waals surface area contributed by atoms with Crippen molar-refractivity contribution < 1.29 is 10.0 Å². The van der Waals surface area contributed by atoms with Crippen molar-refractivity contribution in [2.45, 2.75) is 25.6 Å². The Labute approximate surface area is 49.7 Å². The first kappa shape index (κ1) is 6.11. The maximum atomic E-state index is 8.59. The van der Waals surface area contributed by atoms with E-state index >= 15 is 0 Å². The second-order valence-corrected chi connectivity index (χ2v) is 2.61. The summed E-state index contributed by atoms with van der Waals surface area (Å²) in [7, 11) is -1.09. The molecule has 1 saturated carbocycles. The van der Waals surface area contributed by atoms with Crippen molar-refractivity contribution in [2.75, 3.05) is 0 Å². The fourth-order valence-corrected chi connectivity index (χ4v) is 0.865. The van der Waals surface area contributed by atoms with E-state index in [0.29, 0.717) is 5.92 Å². The van der Waals surface area contributed by atoms with Crippen LogP contribution in [-0.4, -0.2) is 17.2 Å². The lowest BCUT2D eigenvalue weighted by Gasteiger charge is -2.05. The third-order valence-corrected chi connectivity index (χ3v) is 1.84. The Morgan fingerprint density at radius 3 is 2.12 bits per heavy atom. The van der Waals surface area contributed by atoms with Crippen LogP contribution >= 0.6 is 0 Å². The van der Waals surface area contributed by atoms with Crippen LogP contribution in [0.15, 0.2) is 0 Å². The Balaban J connectivity index is 2.22. The molecule has 0 heterocycles. The molecule has 0 aromatic carbocycles. The first-order chi connectivity index (χ1) is 3.72. The van der Waals surface area contributed by atoms with Crippen LogP contribution in [-0.2, 0) is 0 Å². The normalized spacial score (nSPS) is 22.9. The van der Waals surface area contributed by atoms with Crippen LogP contribution in [0.5, 0.6) is 0 Å². The largest absolute Gasteiger partial charge is 0.454 e. The summed E-state index contributed by atoms with van der Waals surface area (Å²) in [6.45, 7) is 1.88. The van der Waals surface area contributed by atoms with Gasteiger partial charge in [-0.05, 0) is 11.7 Å². The van der Waals surface area contributed by atoms with Crippen molar-refractivity contribution in [1.82, 2.24) is 0 Å². The second kappa shape index (κ2) is 2.07. The molecule has 2 N–H and O–H groups in total. The number of hydrogen-bond donors (Lipinski definition) is 2. The molecule has 0 aromatic rings. The quantitative estimate of drug-likeness (QED) is 0.505. The van der Waals surface area contributed by atoms with E-state index < -0.39 is 7.12 Å². The molecule has 0 amide bonds. The maximum Gasteiger partial charge on any atom is 0.454 e. The van der Waals surface area contributed by atoms with Crippen molar-refractivity contribution in [3.05, 3.63) is 0 Å². The van der Waals surface area contributed by atoms with E-state index in [9.17, 15) is 0 Å². The average molecular weight is 114 g/mol. The molecule has 2 nitrogen and oxygen atoms in total. The van der Waals surface area contributed by atoms with Crippen LogP contribution in [0.25, 0.3) is 0 Å². The molecule has 1 fully saturated rings. The van der Waals surface area contributed by atoms with Crippen LogP contribution in [0.2, 0.25) is 5.82 Å². The molecule has 1 unspecified atom stereocenters. The predicted octanol–water partition coefficient (Wildman–Crippen LogP) is 0.259. The van der Waals surface area contributed by atoms with Crippen molar-refractivity contribution in [3.8, 4) is 0 Å². The van der Waals surface area contributed by atoms with E-state index in [1.807, 2.05) is 6.92 Å². The van der Waals surface area contributed by atoms with Gasteiger partial charge in [0.2, 0.25) is 0 Å². The third-order valence-electron chi connectivity index (χ3n) is 1.84. The summed E-state index contributed by atoms with van der Waals surface area (Å²) in [4.78, 5) is 0. The summed E-state index contributed by atoms with van der Waals surface area (Å²) in [6.07, 6.45) is 2.36. The Morgan fingerprint density at radius 1 is 1.50 bits per heavy atom. The van der Waals surface area contributed by atoms with Crippen molar-refractivity contribution in [2.24, 2.45) is 5.92 Å². The van der Waals surface area contributed by atoms with Gasteiger partial charge in [-0.1, -0.05) is 19.8 Å². The highest BCUT2D eigenvalue weighted by molar-refractivity contribution is 6.43. The molecule has 0 radical (unpaired) electrons. The van der Waals surface area contributed by atoms with Gasteiger partial charge in [0.1, 0.15) is 0 Å². The molecule has 1 aliphatic carbocycles. The Morgan fingerprint density at radius 2 is 2.00 bits per heavy atom. The minimum absolute atomic E-state index is 0.0926. The smallest absolute Gasteiger partial charge is 0.427 e. The summed E-state index contributed by atoms with van der Waals surface area (Å²) >= 11 is 0. The highest BCUT2D eigenvalue weighted by atomic mass is 16.4. The van der Waals surface area contributed by atoms with E-state index in [0.717, 1.165) is 0 Å². The fourth-order valence-electron chi connectivity index (χ4n) is 0.865. The molecule has 1 atom stereocenters. The van der Waals surface area contributed by atoms with Gasteiger partial charge in [-0.2, -0.15) is 0 Å². The van der Waals surface area contributed by atoms with Crippen LogP contribution in [0.4, 0.5) is 0 Å². The van der Waals surface area contributed by atoms with Gasteiger partial charge in [0.05, 0.1) is 0 Å². The highest BCUT2D eigenvalue weighted by Gasteiger charge is 2.34. The zero-order valence-electron chi connectivity index (χ0n) is 5.04. The molecule has 1 aliphatic rings. The van der Waals surface area contributed by atoms with Gasteiger partial charge in [0.15, 0.2) is 0 Å². The lowest BCUT2D eigenvalue weighted by molar-refractivity contribution is 0.380. The molecule has 8 heavy (non-hydrogen) atoms. The van der Waals surface area contributed by atoms with E-state index in [1.165, 1.54) is 12.8 Å². The minimum Gasteiger partial charge on any atom is -0.427 e. The first-order valence-corrected chi connectivity index (χ1v) is 3.08. The SMILES string of the molecule is CC(B(O)O)C1CC1. The van der Waals surface area contributed by atoms with Gasteiger partial charge in [0.25, 0.3) is 0 Å². The summed E-state index contributed by atoms with van der Waals surface area (Å²) in [5.74, 6) is 0.685. The molecule has 0 bridgehead atoms. The van der Waals surface area contributed by atoms with Gasteiger partial charge in [0, 0.05) is 0 Å². The second-order valence-electron chi connectivity index (χ2n) is 2.61. The van der Waals surface area contributed by atoms with Gasteiger partial charge >= 0.3 is 7.12 Å². The summed E-state index contributed by atoms with van der Waals surface area (Å²) in [6, 6.07) is 0. The molecular weight excluding hydrogens is 103 g/mol. The summed E-state index contributed by atoms with van der Waals surface area (Å²) in [5.41, 5.74) is 0. The van der Waals surface area contributed by atoms with Crippen molar-refractivity contribution >= 4 is 7.12 Å². The maximum absolute atomic E-state index is 8.59. The van der Waals surface area contributed by atoms with Gasteiger partial charge in [-0.15, -0.1) is 0 Å². The Hall–Kier alpha value is -0.0151. The van der Waals surface area contributed by atoms with Gasteiger partial charge < -0.3 is 10.0 Å². The molecule has 0 aliphatic heterocycles. The standard InChI is InChI=1S/C5H11BO2/c1-4(6(7)8)5-2-3-5/h4-5,7-8H,2-3H2,1H3. The molecule has 46 valence electrons. The monoisotopic (exact) mass is 114 g/mol. The molecule has 0 spiro atoms. The van der Waals surface area contributed by atoms with E-state index in [4.69, 9.17) is 10.0 Å². The summed E-state index contributed by atoms with van der Waals surface area (Å²) in [5, 5.41) is 17.2. The van der Waals surface area contributed by atoms with Gasteiger partial charge in [-0.3, -0.25) is 0 Å². The lowest BCUT2D eigenvalue weighted by atomic mass is 9.71. The Bertz CT molecular complexity index is 78.5. The van der Waals surface area contributed by atoms with E-state index in [2.05, 4.69) is 0 Å². The Kier molecular flexibility index (Phi) is 1.58. The predicted molar refractivity (Wildman–Crippen MR) is 32.3 cm³/mol.